The van der Waals surface area contributed by atoms with Gasteiger partial charge in [0.25, 0.3) is 0 Å². The molecule has 2 aromatic carbocycles. The molecule has 0 aliphatic heterocycles. The average Bonchev–Trinajstić information content (AvgIpc) is 3.61. The molecule has 1 atom stereocenters. The quantitative estimate of drug-likeness (QED) is 0.148. The second kappa shape index (κ2) is 16.1. The third-order valence-corrected chi connectivity index (χ3v) is 17.0. The zero-order valence-corrected chi connectivity index (χ0v) is 31.5. The van der Waals surface area contributed by atoms with Crippen molar-refractivity contribution in [2.24, 2.45) is 0 Å². The van der Waals surface area contributed by atoms with Crippen molar-refractivity contribution in [3.63, 3.8) is 0 Å². The van der Waals surface area contributed by atoms with Crippen LogP contribution in [0.4, 0.5) is 52.7 Å². The molecule has 14 heteroatoms. The van der Waals surface area contributed by atoms with E-state index in [1.165, 1.54) is 6.92 Å². The molecule has 0 amide bonds. The first-order chi connectivity index (χ1) is 25.7. The van der Waals surface area contributed by atoms with Crippen molar-refractivity contribution >= 4 is 26.5 Å². The van der Waals surface area contributed by atoms with Gasteiger partial charge in [-0.25, -0.2) is 0 Å². The van der Waals surface area contributed by atoms with Crippen LogP contribution in [-0.4, -0.2) is 17.0 Å². The fraction of sp³-hybridized carbons (Fsp3) is 0.439. The number of alkyl halides is 12. The van der Waals surface area contributed by atoms with Gasteiger partial charge in [-0.3, -0.25) is 0 Å². The molecule has 298 valence electrons. The minimum Gasteiger partial charge on any atom is -0.166 e. The topological polar surface area (TPSA) is 0 Å². The zero-order valence-electron chi connectivity index (χ0n) is 29.7. The van der Waals surface area contributed by atoms with Crippen molar-refractivity contribution in [3.05, 3.63) is 124 Å². The maximum atomic E-state index is 14.2. The second-order valence-electron chi connectivity index (χ2n) is 14.5. The second-order valence-corrected chi connectivity index (χ2v) is 19.8. The summed E-state index contributed by atoms with van der Waals surface area (Å²) in [5, 5.41) is -1.30. The van der Waals surface area contributed by atoms with Gasteiger partial charge in [-0.2, -0.15) is 52.7 Å². The number of rotatable bonds is 7. The van der Waals surface area contributed by atoms with E-state index in [1.54, 1.807) is 18.2 Å². The lowest BCUT2D eigenvalue weighted by atomic mass is 9.95. The van der Waals surface area contributed by atoms with Gasteiger partial charge >= 0.3 is 24.7 Å². The van der Waals surface area contributed by atoms with Crippen LogP contribution in [0, 0.1) is 5.66 Å². The molecule has 0 radical (unpaired) electrons. The monoisotopic (exact) mass is 821 g/mol. The molecule has 0 heterocycles. The molecule has 2 saturated carbocycles. The third-order valence-electron chi connectivity index (χ3n) is 10.8. The standard InChI is InChI=1S/C41H39F12P2/c1-25(34-16-10-17-35(34)36-15-8-9-18-37(36)55(30-11-4-2-5-12-30)31-13-6-3-7-14-31)54(32-21-26(38(42,43)44)19-27(22-32)39(45,46)47)33-23-28(40(48,49)50)20-29(24-33)41(51,52)53/h8-10,15-25,30-31H,2-7,11-14H2,1H3/q-1/b36-35+. The molecule has 2 aromatic rings. The molecule has 0 saturated heterocycles. The summed E-state index contributed by atoms with van der Waals surface area (Å²) in [6, 6.07) is 1.50. The number of hydrogen-bond donors (Lipinski definition) is 0. The SMILES string of the molecule is CC(C1=CC=C/C1=C1/C=CC=C[C-]1P(C1CCCCC1)C1CCCCC1)P(c1cc(C(F)(F)F)cc(C(F)(F)F)c1)c1cc(C(F)(F)F)cc(C(F)(F)F)c1. The van der Waals surface area contributed by atoms with Gasteiger partial charge in [0.05, 0.1) is 22.3 Å². The summed E-state index contributed by atoms with van der Waals surface area (Å²) in [4.78, 5) is 0. The molecule has 0 spiro atoms. The van der Waals surface area contributed by atoms with E-state index in [1.807, 2.05) is 18.2 Å². The summed E-state index contributed by atoms with van der Waals surface area (Å²) in [5.41, 5.74) is -4.08. The van der Waals surface area contributed by atoms with Crippen LogP contribution >= 0.6 is 15.8 Å². The first-order valence-corrected chi connectivity index (χ1v) is 21.1. The van der Waals surface area contributed by atoms with E-state index in [2.05, 4.69) is 6.08 Å². The van der Waals surface area contributed by atoms with E-state index in [0.29, 0.717) is 46.7 Å². The van der Waals surface area contributed by atoms with E-state index in [0.717, 1.165) is 75.4 Å². The molecular weight excluding hydrogens is 782 g/mol. The molecule has 0 aromatic heterocycles. The molecule has 0 bridgehead atoms. The Morgan fingerprint density at radius 1 is 0.545 bits per heavy atom. The lowest BCUT2D eigenvalue weighted by Gasteiger charge is -2.47. The normalized spacial score (nSPS) is 21.3. The van der Waals surface area contributed by atoms with Gasteiger partial charge in [-0.15, -0.1) is 43.5 Å². The van der Waals surface area contributed by atoms with Crippen LogP contribution in [0.5, 0.6) is 0 Å². The Balaban J connectivity index is 1.55. The van der Waals surface area contributed by atoms with Crippen LogP contribution in [0.3, 0.4) is 0 Å². The number of benzene rings is 2. The van der Waals surface area contributed by atoms with Gasteiger partial charge in [-0.1, -0.05) is 74.8 Å². The van der Waals surface area contributed by atoms with Crippen molar-refractivity contribution in [2.45, 2.75) is 113 Å². The van der Waals surface area contributed by atoms with Crippen LogP contribution < -0.4 is 10.6 Å². The largest absolute Gasteiger partial charge is 0.416 e. The Morgan fingerprint density at radius 2 is 0.964 bits per heavy atom. The first kappa shape index (κ1) is 41.7. The molecule has 55 heavy (non-hydrogen) atoms. The Morgan fingerprint density at radius 3 is 1.36 bits per heavy atom. The summed E-state index contributed by atoms with van der Waals surface area (Å²) < 4.78 is 170. The molecule has 2 fully saturated rings. The number of halogens is 12. The van der Waals surface area contributed by atoms with Crippen molar-refractivity contribution in [1.82, 2.24) is 0 Å². The van der Waals surface area contributed by atoms with Gasteiger partial charge in [-0.05, 0) is 91.9 Å². The highest BCUT2D eigenvalue weighted by molar-refractivity contribution is 7.73. The highest BCUT2D eigenvalue weighted by Gasteiger charge is 2.42. The number of hydrogen-bond acceptors (Lipinski definition) is 0. The fourth-order valence-corrected chi connectivity index (χ4v) is 15.0. The summed E-state index contributed by atoms with van der Waals surface area (Å²) in [5.74, 6) is 0. The van der Waals surface area contributed by atoms with E-state index in [-0.39, 0.29) is 12.1 Å². The van der Waals surface area contributed by atoms with Crippen LogP contribution in [0.2, 0.25) is 0 Å². The highest BCUT2D eigenvalue weighted by Crippen LogP contribution is 2.66. The van der Waals surface area contributed by atoms with Gasteiger partial charge in [0.2, 0.25) is 0 Å². The minimum atomic E-state index is -5.30. The van der Waals surface area contributed by atoms with Crippen LogP contribution in [0.25, 0.3) is 0 Å². The predicted octanol–water partition coefficient (Wildman–Crippen LogP) is 14.2. The Labute approximate surface area is 315 Å². The van der Waals surface area contributed by atoms with Crippen molar-refractivity contribution in [1.29, 1.82) is 0 Å². The Bertz CT molecular complexity index is 1700. The highest BCUT2D eigenvalue weighted by atomic mass is 31.1. The van der Waals surface area contributed by atoms with Gasteiger partial charge in [0.1, 0.15) is 0 Å². The molecule has 1 unspecified atom stereocenters. The summed E-state index contributed by atoms with van der Waals surface area (Å²) in [6.45, 7) is 1.46. The van der Waals surface area contributed by atoms with Gasteiger partial charge < -0.3 is 0 Å². The van der Waals surface area contributed by atoms with E-state index < -0.39 is 79.1 Å². The maximum absolute atomic E-state index is 14.2. The molecule has 4 aliphatic carbocycles. The van der Waals surface area contributed by atoms with Crippen LogP contribution in [0.1, 0.15) is 93.4 Å². The maximum Gasteiger partial charge on any atom is 0.416 e. The molecule has 4 aliphatic rings. The van der Waals surface area contributed by atoms with E-state index in [9.17, 15) is 52.7 Å². The van der Waals surface area contributed by atoms with Gasteiger partial charge in [0.15, 0.2) is 0 Å². The molecule has 0 nitrogen and oxygen atoms in total. The fourth-order valence-electron chi connectivity index (χ4n) is 8.27. The van der Waals surface area contributed by atoms with Crippen molar-refractivity contribution in [3.8, 4) is 0 Å². The predicted molar refractivity (Wildman–Crippen MR) is 195 cm³/mol. The van der Waals surface area contributed by atoms with Crippen molar-refractivity contribution in [2.75, 3.05) is 0 Å². The molecule has 6 rings (SSSR count). The molecule has 0 N–H and O–H groups in total. The average molecular weight is 822 g/mol. The van der Waals surface area contributed by atoms with Crippen molar-refractivity contribution < 1.29 is 52.7 Å². The minimum absolute atomic E-state index is 0.0992. The summed E-state index contributed by atoms with van der Waals surface area (Å²) in [7, 11) is -3.48. The lowest BCUT2D eigenvalue weighted by Crippen LogP contribution is -2.27. The summed E-state index contributed by atoms with van der Waals surface area (Å²) >= 11 is 0. The van der Waals surface area contributed by atoms with Crippen LogP contribution in [-0.2, 0) is 24.7 Å². The Hall–Kier alpha value is -2.97. The van der Waals surface area contributed by atoms with E-state index in [4.69, 9.17) is 0 Å². The smallest absolute Gasteiger partial charge is 0.166 e. The third kappa shape index (κ3) is 9.43. The molecular formula is C41H39F12P2-. The Kier molecular flexibility index (Phi) is 12.2. The zero-order chi connectivity index (χ0) is 39.9. The van der Waals surface area contributed by atoms with Crippen LogP contribution in [0.15, 0.2) is 95.6 Å². The van der Waals surface area contributed by atoms with Gasteiger partial charge in [0, 0.05) is 5.66 Å². The first-order valence-electron chi connectivity index (χ1n) is 18.2. The number of allylic oxidation sites excluding steroid dienone is 10. The van der Waals surface area contributed by atoms with E-state index >= 15 is 0 Å². The summed E-state index contributed by atoms with van der Waals surface area (Å²) in [6.07, 6.45) is 2.64. The lowest BCUT2D eigenvalue weighted by molar-refractivity contribution is -0.144.